The molecule has 0 bridgehead atoms. The second kappa shape index (κ2) is 7.41. The molecule has 6 heteroatoms. The van der Waals surface area contributed by atoms with Gasteiger partial charge in [-0.2, -0.15) is 0 Å². The molecule has 1 aliphatic heterocycles. The number of hydrogen-bond donors (Lipinski definition) is 2. The Morgan fingerprint density at radius 3 is 2.67 bits per heavy atom. The molecule has 6 nitrogen and oxygen atoms in total. The van der Waals surface area contributed by atoms with Crippen LogP contribution in [0.5, 0.6) is 5.75 Å². The van der Waals surface area contributed by atoms with Gasteiger partial charge in [0.1, 0.15) is 17.9 Å². The summed E-state index contributed by atoms with van der Waals surface area (Å²) in [4.78, 5) is 18.1. The first-order valence-electron chi connectivity index (χ1n) is 10.1. The molecule has 1 heterocycles. The van der Waals surface area contributed by atoms with Crippen LogP contribution in [-0.4, -0.2) is 49.0 Å². The molecule has 0 radical (unpaired) electrons. The Balaban J connectivity index is 1.55. The predicted molar refractivity (Wildman–Crippen MR) is 106 cm³/mol. The Morgan fingerprint density at radius 1 is 1.22 bits per heavy atom. The minimum atomic E-state index is -0.0594. The number of fused-ring (bicyclic) bond motifs is 1. The maximum atomic E-state index is 12.0. The Hall–Kier alpha value is -2.24. The van der Waals surface area contributed by atoms with Crippen LogP contribution < -0.4 is 15.4 Å². The predicted octanol–water partition coefficient (Wildman–Crippen LogP) is 2.61. The summed E-state index contributed by atoms with van der Waals surface area (Å²) in [5.74, 6) is 1.73. The normalized spacial score (nSPS) is 23.5. The van der Waals surface area contributed by atoms with E-state index >= 15 is 0 Å². The van der Waals surface area contributed by atoms with Gasteiger partial charge in [0, 0.05) is 32.1 Å². The molecule has 27 heavy (non-hydrogen) atoms. The minimum absolute atomic E-state index is 0.00605. The molecule has 2 saturated carbocycles. The molecule has 2 aliphatic carbocycles. The number of nitrogens with zero attached hydrogens (tertiary/aromatic N) is 2. The number of para-hydroxylation sites is 1. The number of nitrogens with one attached hydrogen (secondary N) is 2. The monoisotopic (exact) mass is 370 g/mol. The van der Waals surface area contributed by atoms with Crippen LogP contribution in [0.15, 0.2) is 29.3 Å². The van der Waals surface area contributed by atoms with Crippen molar-refractivity contribution in [1.29, 1.82) is 0 Å². The van der Waals surface area contributed by atoms with Crippen LogP contribution in [0.1, 0.15) is 56.6 Å². The van der Waals surface area contributed by atoms with Gasteiger partial charge in [0.25, 0.3) is 0 Å². The lowest BCUT2D eigenvalue weighted by atomic mass is 9.86. The van der Waals surface area contributed by atoms with Crippen molar-refractivity contribution in [2.45, 2.75) is 62.6 Å². The number of benzene rings is 1. The standard InChI is InChI=1S/C21H30N4O2/c1-25(2)19(26)14-22-20(23-15-9-10-15)24-17-13-21(11-5-6-12-21)27-18-8-4-3-7-16(17)18/h3-4,7-8,15,17H,5-6,9-14H2,1-2H3,(H2,22,23,24). The number of hydrogen-bond acceptors (Lipinski definition) is 3. The van der Waals surface area contributed by atoms with Crippen molar-refractivity contribution in [3.05, 3.63) is 29.8 Å². The number of amides is 1. The number of likely N-dealkylation sites (N-methyl/N-ethyl adjacent to an activating group) is 1. The SMILES string of the molecule is CN(C)C(=O)CN=C(NC1CC1)NC1CC2(CCCC2)Oc2ccccc21. The van der Waals surface area contributed by atoms with Crippen LogP contribution in [-0.2, 0) is 4.79 Å². The van der Waals surface area contributed by atoms with Crippen molar-refractivity contribution < 1.29 is 9.53 Å². The number of carbonyl (C=O) groups excluding carboxylic acids is 1. The molecule has 2 N–H and O–H groups in total. The van der Waals surface area contributed by atoms with Crippen molar-refractivity contribution in [1.82, 2.24) is 15.5 Å². The smallest absolute Gasteiger partial charge is 0.243 e. The number of ether oxygens (including phenoxy) is 1. The van der Waals surface area contributed by atoms with E-state index in [0.29, 0.717) is 6.04 Å². The summed E-state index contributed by atoms with van der Waals surface area (Å²) >= 11 is 0. The van der Waals surface area contributed by atoms with Crippen LogP contribution in [0, 0.1) is 0 Å². The third-order valence-corrected chi connectivity index (χ3v) is 5.81. The maximum Gasteiger partial charge on any atom is 0.243 e. The molecule has 1 spiro atoms. The van der Waals surface area contributed by atoms with E-state index < -0.39 is 0 Å². The van der Waals surface area contributed by atoms with Crippen molar-refractivity contribution in [2.24, 2.45) is 4.99 Å². The lowest BCUT2D eigenvalue weighted by molar-refractivity contribution is -0.127. The molecule has 146 valence electrons. The summed E-state index contributed by atoms with van der Waals surface area (Å²) in [5, 5.41) is 7.09. The fourth-order valence-corrected chi connectivity index (χ4v) is 4.08. The van der Waals surface area contributed by atoms with Gasteiger partial charge in [0.15, 0.2) is 5.96 Å². The van der Waals surface area contributed by atoms with Crippen molar-refractivity contribution in [3.8, 4) is 5.75 Å². The molecule has 3 aliphatic rings. The Kier molecular flexibility index (Phi) is 4.98. The number of guanidine groups is 1. The van der Waals surface area contributed by atoms with Crippen molar-refractivity contribution >= 4 is 11.9 Å². The van der Waals surface area contributed by atoms with Crippen LogP contribution in [0.4, 0.5) is 0 Å². The number of carbonyl (C=O) groups is 1. The first-order chi connectivity index (χ1) is 13.0. The largest absolute Gasteiger partial charge is 0.487 e. The molecule has 1 atom stereocenters. The summed E-state index contributed by atoms with van der Waals surface area (Å²) in [6.07, 6.45) is 7.95. The molecule has 1 aromatic rings. The zero-order valence-corrected chi connectivity index (χ0v) is 16.3. The minimum Gasteiger partial charge on any atom is -0.487 e. The number of aliphatic imine (C=N–C) groups is 1. The molecular weight excluding hydrogens is 340 g/mol. The van der Waals surface area contributed by atoms with Crippen LogP contribution in [0.3, 0.4) is 0 Å². The Morgan fingerprint density at radius 2 is 1.96 bits per heavy atom. The van der Waals surface area contributed by atoms with Gasteiger partial charge in [0.05, 0.1) is 6.04 Å². The molecular formula is C21H30N4O2. The van der Waals surface area contributed by atoms with E-state index in [0.717, 1.165) is 43.8 Å². The molecule has 1 amide bonds. The van der Waals surface area contributed by atoms with Gasteiger partial charge >= 0.3 is 0 Å². The van der Waals surface area contributed by atoms with Crippen LogP contribution in [0.2, 0.25) is 0 Å². The third-order valence-electron chi connectivity index (χ3n) is 5.81. The van der Waals surface area contributed by atoms with Crippen molar-refractivity contribution in [3.63, 3.8) is 0 Å². The topological polar surface area (TPSA) is 66.0 Å². The first kappa shape index (κ1) is 18.1. The Bertz CT molecular complexity index is 721. The third kappa shape index (κ3) is 4.20. The van der Waals surface area contributed by atoms with E-state index in [2.05, 4.69) is 33.8 Å². The molecule has 1 aromatic carbocycles. The average Bonchev–Trinajstić information content (AvgIpc) is 3.37. The molecule has 0 saturated heterocycles. The van der Waals surface area contributed by atoms with E-state index in [9.17, 15) is 4.79 Å². The lowest BCUT2D eigenvalue weighted by Gasteiger charge is -2.40. The van der Waals surface area contributed by atoms with E-state index in [1.165, 1.54) is 18.4 Å². The molecule has 0 aromatic heterocycles. The van der Waals surface area contributed by atoms with Gasteiger partial charge in [-0.3, -0.25) is 4.79 Å². The molecule has 2 fully saturated rings. The van der Waals surface area contributed by atoms with Crippen molar-refractivity contribution in [2.75, 3.05) is 20.6 Å². The molecule has 4 rings (SSSR count). The van der Waals surface area contributed by atoms with Gasteiger partial charge in [-0.15, -0.1) is 0 Å². The van der Waals surface area contributed by atoms with Crippen LogP contribution in [0.25, 0.3) is 0 Å². The summed E-state index contributed by atoms with van der Waals surface area (Å²) in [7, 11) is 3.52. The fraction of sp³-hybridized carbons (Fsp3) is 0.619. The van der Waals surface area contributed by atoms with E-state index in [1.54, 1.807) is 19.0 Å². The van der Waals surface area contributed by atoms with Gasteiger partial charge in [-0.25, -0.2) is 4.99 Å². The lowest BCUT2D eigenvalue weighted by Crippen LogP contribution is -2.47. The fourth-order valence-electron chi connectivity index (χ4n) is 4.08. The highest BCUT2D eigenvalue weighted by Gasteiger charge is 2.43. The van der Waals surface area contributed by atoms with Gasteiger partial charge in [0.2, 0.25) is 5.91 Å². The quantitative estimate of drug-likeness (QED) is 0.632. The summed E-state index contributed by atoms with van der Waals surface area (Å²) < 4.78 is 6.45. The van der Waals surface area contributed by atoms with Gasteiger partial charge < -0.3 is 20.3 Å². The van der Waals surface area contributed by atoms with E-state index in [4.69, 9.17) is 4.74 Å². The van der Waals surface area contributed by atoms with Gasteiger partial charge in [-0.05, 0) is 44.6 Å². The second-order valence-corrected chi connectivity index (χ2v) is 8.30. The summed E-state index contributed by atoms with van der Waals surface area (Å²) in [6, 6.07) is 8.92. The highest BCUT2D eigenvalue weighted by molar-refractivity contribution is 5.85. The summed E-state index contributed by atoms with van der Waals surface area (Å²) in [5.41, 5.74) is 1.12. The Labute approximate surface area is 161 Å². The highest BCUT2D eigenvalue weighted by atomic mass is 16.5. The highest BCUT2D eigenvalue weighted by Crippen LogP contribution is 2.46. The zero-order chi connectivity index (χ0) is 18.9. The molecule has 1 unspecified atom stereocenters. The summed E-state index contributed by atoms with van der Waals surface area (Å²) in [6.45, 7) is 0.158. The van der Waals surface area contributed by atoms with Gasteiger partial charge in [-0.1, -0.05) is 18.2 Å². The maximum absolute atomic E-state index is 12.0. The first-order valence-corrected chi connectivity index (χ1v) is 10.1. The second-order valence-electron chi connectivity index (χ2n) is 8.30. The average molecular weight is 370 g/mol. The van der Waals surface area contributed by atoms with E-state index in [1.807, 2.05) is 6.07 Å². The van der Waals surface area contributed by atoms with Crippen LogP contribution >= 0.6 is 0 Å². The number of rotatable bonds is 4. The van der Waals surface area contributed by atoms with E-state index in [-0.39, 0.29) is 24.1 Å². The zero-order valence-electron chi connectivity index (χ0n) is 16.3.